The Balaban J connectivity index is 2.76. The van der Waals surface area contributed by atoms with Crippen molar-refractivity contribution in [2.45, 2.75) is 26.3 Å². The molecule has 132 valence electrons. The number of carbonyl (C=O) groups is 3. The molecule has 0 aliphatic carbocycles. The van der Waals surface area contributed by atoms with E-state index in [1.807, 2.05) is 6.92 Å². The summed E-state index contributed by atoms with van der Waals surface area (Å²) in [6.45, 7) is 3.03. The quantitative estimate of drug-likeness (QED) is 0.560. The first-order valence-corrected chi connectivity index (χ1v) is 8.06. The Labute approximate surface area is 147 Å². The van der Waals surface area contributed by atoms with E-state index in [-0.39, 0.29) is 11.6 Å². The van der Waals surface area contributed by atoms with Crippen LogP contribution in [0, 0.1) is 11.7 Å². The van der Waals surface area contributed by atoms with E-state index in [0.717, 1.165) is 0 Å². The van der Waals surface area contributed by atoms with Gasteiger partial charge in [0.1, 0.15) is 18.4 Å². The zero-order valence-corrected chi connectivity index (χ0v) is 14.8. The molecule has 0 saturated heterocycles. The van der Waals surface area contributed by atoms with Gasteiger partial charge < -0.3 is 21.1 Å². The van der Waals surface area contributed by atoms with E-state index in [9.17, 15) is 18.8 Å². The number of carboxylic acid groups (broad SMARTS) is 1. The van der Waals surface area contributed by atoms with E-state index in [1.165, 1.54) is 12.1 Å². The average molecular weight is 404 g/mol. The number of benzene rings is 1. The fraction of sp³-hybridized carbons (Fsp3) is 0.400. The van der Waals surface area contributed by atoms with Crippen LogP contribution < -0.4 is 16.0 Å². The minimum absolute atomic E-state index is 0.0375. The van der Waals surface area contributed by atoms with E-state index in [0.29, 0.717) is 10.9 Å². The molecular formula is C15H19BrFN3O4. The molecule has 1 rings (SSSR count). The maximum absolute atomic E-state index is 13.7. The lowest BCUT2D eigenvalue weighted by atomic mass is 9.98. The highest BCUT2D eigenvalue weighted by atomic mass is 79.9. The molecule has 4 N–H and O–H groups in total. The van der Waals surface area contributed by atoms with Gasteiger partial charge in [-0.3, -0.25) is 9.59 Å². The third-order valence-electron chi connectivity index (χ3n) is 3.38. The predicted octanol–water partition coefficient (Wildman–Crippen LogP) is 2.33. The standard InChI is InChI=1S/C15H19BrFN3O4/c1-3-8(2)13(14(23)18-7-12(21)22)20-15(24)19-11-5-4-9(16)6-10(11)17/h4-6,8,13H,3,7H2,1-2H3,(H,18,23)(H,21,22)(H2,19,20,24)/t8-,13-/m0/s1. The fourth-order valence-corrected chi connectivity index (χ4v) is 2.20. The monoisotopic (exact) mass is 403 g/mol. The van der Waals surface area contributed by atoms with Gasteiger partial charge in [-0.1, -0.05) is 36.2 Å². The van der Waals surface area contributed by atoms with Crippen molar-refractivity contribution in [2.75, 3.05) is 11.9 Å². The van der Waals surface area contributed by atoms with Crippen LogP contribution in [0.3, 0.4) is 0 Å². The average Bonchev–Trinajstić information content (AvgIpc) is 2.52. The molecule has 0 saturated carbocycles. The second-order valence-electron chi connectivity index (χ2n) is 5.20. The van der Waals surface area contributed by atoms with Gasteiger partial charge in [0.05, 0.1) is 5.69 Å². The summed E-state index contributed by atoms with van der Waals surface area (Å²) in [4.78, 5) is 34.6. The molecule has 0 aliphatic heterocycles. The fourth-order valence-electron chi connectivity index (χ4n) is 1.87. The number of nitrogens with one attached hydrogen (secondary N) is 3. The van der Waals surface area contributed by atoms with Gasteiger partial charge in [0, 0.05) is 4.47 Å². The van der Waals surface area contributed by atoms with Gasteiger partial charge in [-0.15, -0.1) is 0 Å². The van der Waals surface area contributed by atoms with Gasteiger partial charge in [-0.2, -0.15) is 0 Å². The Morgan fingerprint density at radius 3 is 2.54 bits per heavy atom. The van der Waals surface area contributed by atoms with Gasteiger partial charge in [0.15, 0.2) is 0 Å². The van der Waals surface area contributed by atoms with E-state index < -0.39 is 36.3 Å². The summed E-state index contributed by atoms with van der Waals surface area (Å²) >= 11 is 3.11. The number of rotatable bonds is 7. The molecule has 0 fully saturated rings. The summed E-state index contributed by atoms with van der Waals surface area (Å²) in [5.74, 6) is -2.67. The second-order valence-corrected chi connectivity index (χ2v) is 6.11. The molecule has 0 bridgehead atoms. The molecule has 9 heteroatoms. The van der Waals surface area contributed by atoms with Crippen LogP contribution in [0.2, 0.25) is 0 Å². The molecular weight excluding hydrogens is 385 g/mol. The summed E-state index contributed by atoms with van der Waals surface area (Å²) in [6.07, 6.45) is 0.581. The Morgan fingerprint density at radius 1 is 1.33 bits per heavy atom. The van der Waals surface area contributed by atoms with E-state index in [4.69, 9.17) is 5.11 Å². The van der Waals surface area contributed by atoms with E-state index >= 15 is 0 Å². The maximum atomic E-state index is 13.7. The van der Waals surface area contributed by atoms with Crippen molar-refractivity contribution >= 4 is 39.5 Å². The van der Waals surface area contributed by atoms with Crippen molar-refractivity contribution in [2.24, 2.45) is 5.92 Å². The minimum atomic E-state index is -1.19. The first-order chi connectivity index (χ1) is 11.2. The Bertz CT molecular complexity index is 627. The molecule has 2 atom stereocenters. The summed E-state index contributed by atoms with van der Waals surface area (Å²) in [5, 5.41) is 15.6. The normalized spacial score (nSPS) is 12.8. The van der Waals surface area contributed by atoms with Gasteiger partial charge in [-0.05, 0) is 24.1 Å². The smallest absolute Gasteiger partial charge is 0.322 e. The summed E-state index contributed by atoms with van der Waals surface area (Å²) in [7, 11) is 0. The lowest BCUT2D eigenvalue weighted by Gasteiger charge is -2.23. The molecule has 0 aliphatic rings. The van der Waals surface area contributed by atoms with Crippen LogP contribution in [0.25, 0.3) is 0 Å². The van der Waals surface area contributed by atoms with Crippen molar-refractivity contribution in [3.05, 3.63) is 28.5 Å². The highest BCUT2D eigenvalue weighted by molar-refractivity contribution is 9.10. The third kappa shape index (κ3) is 6.15. The minimum Gasteiger partial charge on any atom is -0.480 e. The molecule has 1 aromatic carbocycles. The number of carboxylic acids is 1. The number of aliphatic carboxylic acids is 1. The third-order valence-corrected chi connectivity index (χ3v) is 3.87. The summed E-state index contributed by atoms with van der Waals surface area (Å²) in [6, 6.07) is 2.44. The Kier molecular flexibility index (Phi) is 7.63. The molecule has 24 heavy (non-hydrogen) atoms. The van der Waals surface area contributed by atoms with Crippen LogP contribution in [0.5, 0.6) is 0 Å². The van der Waals surface area contributed by atoms with Gasteiger partial charge >= 0.3 is 12.0 Å². The summed E-state index contributed by atoms with van der Waals surface area (Å²) in [5.41, 5.74) is -0.0375. The zero-order valence-electron chi connectivity index (χ0n) is 13.2. The summed E-state index contributed by atoms with van der Waals surface area (Å²) < 4.78 is 14.2. The molecule has 0 heterocycles. The number of hydrogen-bond donors (Lipinski definition) is 4. The van der Waals surface area contributed by atoms with Crippen molar-refractivity contribution in [3.63, 3.8) is 0 Å². The van der Waals surface area contributed by atoms with Gasteiger partial charge in [-0.25, -0.2) is 9.18 Å². The first-order valence-electron chi connectivity index (χ1n) is 7.26. The molecule has 0 unspecified atom stereocenters. The molecule has 0 radical (unpaired) electrons. The van der Waals surface area contributed by atoms with Crippen LogP contribution in [0.15, 0.2) is 22.7 Å². The lowest BCUT2D eigenvalue weighted by Crippen LogP contribution is -2.52. The molecule has 7 nitrogen and oxygen atoms in total. The number of amides is 3. The number of hydrogen-bond acceptors (Lipinski definition) is 3. The number of anilines is 1. The predicted molar refractivity (Wildman–Crippen MR) is 90.1 cm³/mol. The Morgan fingerprint density at radius 2 is 2.00 bits per heavy atom. The number of urea groups is 1. The van der Waals surface area contributed by atoms with Crippen molar-refractivity contribution in [3.8, 4) is 0 Å². The van der Waals surface area contributed by atoms with Crippen LogP contribution in [-0.2, 0) is 9.59 Å². The molecule has 3 amide bonds. The number of carbonyl (C=O) groups excluding carboxylic acids is 2. The molecule has 1 aromatic rings. The highest BCUT2D eigenvalue weighted by Crippen LogP contribution is 2.19. The van der Waals surface area contributed by atoms with Crippen LogP contribution in [0.4, 0.5) is 14.9 Å². The highest BCUT2D eigenvalue weighted by Gasteiger charge is 2.26. The van der Waals surface area contributed by atoms with Crippen LogP contribution in [0.1, 0.15) is 20.3 Å². The molecule has 0 spiro atoms. The largest absolute Gasteiger partial charge is 0.480 e. The lowest BCUT2D eigenvalue weighted by molar-refractivity contribution is -0.138. The second kappa shape index (κ2) is 9.21. The van der Waals surface area contributed by atoms with Crippen molar-refractivity contribution in [1.29, 1.82) is 0 Å². The Hall–Kier alpha value is -2.16. The van der Waals surface area contributed by atoms with Gasteiger partial charge in [0.2, 0.25) is 5.91 Å². The van der Waals surface area contributed by atoms with Gasteiger partial charge in [0.25, 0.3) is 0 Å². The van der Waals surface area contributed by atoms with Crippen molar-refractivity contribution < 1.29 is 23.9 Å². The number of halogens is 2. The topological polar surface area (TPSA) is 108 Å². The van der Waals surface area contributed by atoms with E-state index in [1.54, 1.807) is 13.0 Å². The van der Waals surface area contributed by atoms with E-state index in [2.05, 4.69) is 31.9 Å². The maximum Gasteiger partial charge on any atom is 0.322 e. The SMILES string of the molecule is CC[C@H](C)[C@H](NC(=O)Nc1ccc(Br)cc1F)C(=O)NCC(=O)O. The van der Waals surface area contributed by atoms with Crippen molar-refractivity contribution in [1.82, 2.24) is 10.6 Å². The zero-order chi connectivity index (χ0) is 18.3. The van der Waals surface area contributed by atoms with Crippen LogP contribution in [-0.4, -0.2) is 35.6 Å². The van der Waals surface area contributed by atoms with Crippen LogP contribution >= 0.6 is 15.9 Å². The first kappa shape index (κ1) is 19.9. The molecule has 0 aromatic heterocycles.